The summed E-state index contributed by atoms with van der Waals surface area (Å²) in [7, 11) is -0.644. The molecule has 0 fully saturated rings. The van der Waals surface area contributed by atoms with E-state index in [0.29, 0.717) is 0 Å². The van der Waals surface area contributed by atoms with E-state index in [4.69, 9.17) is 4.98 Å². The highest BCUT2D eigenvalue weighted by molar-refractivity contribution is 7.79. The van der Waals surface area contributed by atoms with Crippen LogP contribution in [0.1, 0.15) is 0 Å². The molecule has 0 spiro atoms. The number of fused-ring (bicyclic) bond motifs is 5. The molecule has 2 heterocycles. The van der Waals surface area contributed by atoms with Crippen molar-refractivity contribution < 1.29 is 0 Å². The Hall–Kier alpha value is -4.26. The van der Waals surface area contributed by atoms with Crippen LogP contribution in [0.25, 0.3) is 38.6 Å². The lowest BCUT2D eigenvalue weighted by Gasteiger charge is -2.20. The number of aromatic nitrogens is 2. The first kappa shape index (κ1) is 21.1. The third-order valence-electron chi connectivity index (χ3n) is 6.76. The topological polar surface area (TPSA) is 17.3 Å². The van der Waals surface area contributed by atoms with Crippen LogP contribution in [0.3, 0.4) is 0 Å². The largest absolute Gasteiger partial charge is 0.299 e. The van der Waals surface area contributed by atoms with Gasteiger partial charge in [0.05, 0.1) is 11.0 Å². The van der Waals surface area contributed by atoms with Gasteiger partial charge in [0.15, 0.2) is 0 Å². The first-order valence-electron chi connectivity index (χ1n) is 12.2. The molecule has 0 aliphatic carbocycles. The predicted molar refractivity (Wildman–Crippen MR) is 154 cm³/mol. The molecule has 0 atom stereocenters. The number of rotatable bonds is 4. The van der Waals surface area contributed by atoms with Crippen LogP contribution in [0.15, 0.2) is 140 Å². The summed E-state index contributed by atoms with van der Waals surface area (Å²) in [6.07, 6.45) is 2.14. The van der Waals surface area contributed by atoms with E-state index in [1.807, 2.05) is 0 Å². The van der Waals surface area contributed by atoms with Crippen molar-refractivity contribution in [3.8, 4) is 11.1 Å². The summed E-state index contributed by atoms with van der Waals surface area (Å²) in [6.45, 7) is 0. The van der Waals surface area contributed by atoms with E-state index < -0.39 is 7.92 Å². The molecule has 5 aromatic carbocycles. The van der Waals surface area contributed by atoms with Crippen LogP contribution >= 0.6 is 7.92 Å². The smallest absolute Gasteiger partial charge is 0.145 e. The number of hydrogen-bond acceptors (Lipinski definition) is 1. The van der Waals surface area contributed by atoms with Crippen LogP contribution in [0, 0.1) is 0 Å². The van der Waals surface area contributed by atoms with E-state index in [9.17, 15) is 0 Å². The molecule has 0 bridgehead atoms. The van der Waals surface area contributed by atoms with Crippen molar-refractivity contribution in [2.45, 2.75) is 0 Å². The van der Waals surface area contributed by atoms with Gasteiger partial charge in [-0.2, -0.15) is 0 Å². The summed E-state index contributed by atoms with van der Waals surface area (Å²) < 4.78 is 2.21. The maximum absolute atomic E-state index is 4.97. The average molecular weight is 479 g/mol. The molecule has 0 amide bonds. The molecule has 0 radical (unpaired) electrons. The maximum atomic E-state index is 4.97. The van der Waals surface area contributed by atoms with E-state index in [1.54, 1.807) is 0 Å². The summed E-state index contributed by atoms with van der Waals surface area (Å²) >= 11 is 0. The number of benzene rings is 5. The first-order chi connectivity index (χ1) is 17.8. The Balaban J connectivity index is 1.37. The van der Waals surface area contributed by atoms with Gasteiger partial charge in [-0.25, -0.2) is 4.98 Å². The monoisotopic (exact) mass is 478 g/mol. The highest BCUT2D eigenvalue weighted by Gasteiger charge is 2.17. The molecule has 2 aromatic heterocycles. The normalized spacial score (nSPS) is 11.6. The van der Waals surface area contributed by atoms with Crippen LogP contribution in [0.4, 0.5) is 0 Å². The lowest BCUT2D eigenvalue weighted by Crippen LogP contribution is -2.20. The van der Waals surface area contributed by atoms with Gasteiger partial charge < -0.3 is 0 Å². The Kier molecular flexibility index (Phi) is 5.12. The van der Waals surface area contributed by atoms with Gasteiger partial charge in [0.25, 0.3) is 0 Å². The Morgan fingerprint density at radius 1 is 0.528 bits per heavy atom. The molecule has 0 saturated carbocycles. The maximum Gasteiger partial charge on any atom is 0.145 e. The van der Waals surface area contributed by atoms with E-state index in [2.05, 4.69) is 144 Å². The molecule has 0 aliphatic rings. The zero-order chi connectivity index (χ0) is 23.9. The second-order valence-corrected chi connectivity index (χ2v) is 11.2. The Morgan fingerprint density at radius 3 is 1.97 bits per heavy atom. The minimum Gasteiger partial charge on any atom is -0.299 e. The molecule has 0 N–H and O–H groups in total. The molecule has 2 nitrogen and oxygen atoms in total. The summed E-state index contributed by atoms with van der Waals surface area (Å²) in [5, 5.41) is 6.46. The van der Waals surface area contributed by atoms with Crippen molar-refractivity contribution in [1.29, 1.82) is 0 Å². The summed E-state index contributed by atoms with van der Waals surface area (Å²) in [5.41, 5.74) is 5.58. The van der Waals surface area contributed by atoms with Crippen LogP contribution < -0.4 is 15.9 Å². The number of pyridine rings is 1. The number of imidazole rings is 1. The molecule has 3 heteroatoms. The van der Waals surface area contributed by atoms with Crippen molar-refractivity contribution in [3.63, 3.8) is 0 Å². The van der Waals surface area contributed by atoms with Crippen molar-refractivity contribution in [2.75, 3.05) is 0 Å². The Bertz CT molecular complexity index is 1800. The first-order valence-corrected chi connectivity index (χ1v) is 13.5. The fraction of sp³-hybridized carbons (Fsp3) is 0. The fourth-order valence-corrected chi connectivity index (χ4v) is 7.38. The van der Waals surface area contributed by atoms with Crippen molar-refractivity contribution in [3.05, 3.63) is 140 Å². The predicted octanol–water partition coefficient (Wildman–Crippen LogP) is 7.07. The summed E-state index contributed by atoms with van der Waals surface area (Å²) in [5.74, 6) is 0. The zero-order valence-electron chi connectivity index (χ0n) is 19.6. The lowest BCUT2D eigenvalue weighted by molar-refractivity contribution is 1.25. The van der Waals surface area contributed by atoms with E-state index in [-0.39, 0.29) is 0 Å². The van der Waals surface area contributed by atoms with E-state index in [0.717, 1.165) is 16.7 Å². The van der Waals surface area contributed by atoms with Crippen LogP contribution in [0.2, 0.25) is 0 Å². The second-order valence-electron chi connectivity index (χ2n) is 8.97. The van der Waals surface area contributed by atoms with Crippen molar-refractivity contribution >= 4 is 51.3 Å². The minimum absolute atomic E-state index is 0.644. The van der Waals surface area contributed by atoms with Crippen LogP contribution in [-0.4, -0.2) is 9.38 Å². The van der Waals surface area contributed by atoms with Crippen LogP contribution in [-0.2, 0) is 0 Å². The van der Waals surface area contributed by atoms with E-state index in [1.165, 1.54) is 37.8 Å². The van der Waals surface area contributed by atoms with Gasteiger partial charge in [-0.3, -0.25) is 4.40 Å². The molecule has 7 rings (SSSR count). The third-order valence-corrected chi connectivity index (χ3v) is 9.18. The van der Waals surface area contributed by atoms with E-state index >= 15 is 0 Å². The van der Waals surface area contributed by atoms with Gasteiger partial charge >= 0.3 is 0 Å². The molecule has 7 aromatic rings. The quantitative estimate of drug-likeness (QED) is 0.248. The van der Waals surface area contributed by atoms with Crippen LogP contribution in [0.5, 0.6) is 0 Å². The SMILES string of the molecule is c1ccc(P(c2ccccc2)c2cccc(-c3ccc4nc5c6ccccc6ccn5c4c3)c2)cc1. The highest BCUT2D eigenvalue weighted by Crippen LogP contribution is 2.35. The molecular weight excluding hydrogens is 455 g/mol. The summed E-state index contributed by atoms with van der Waals surface area (Å²) in [4.78, 5) is 4.97. The molecular formula is C33H23N2P. The van der Waals surface area contributed by atoms with Gasteiger partial charge in [-0.05, 0) is 64.6 Å². The van der Waals surface area contributed by atoms with Gasteiger partial charge in [0.2, 0.25) is 0 Å². The molecule has 0 saturated heterocycles. The minimum atomic E-state index is -0.644. The third kappa shape index (κ3) is 3.59. The Labute approximate surface area is 211 Å². The molecule has 36 heavy (non-hydrogen) atoms. The number of nitrogens with zero attached hydrogens (tertiary/aromatic N) is 2. The van der Waals surface area contributed by atoms with Gasteiger partial charge in [-0.1, -0.05) is 109 Å². The average Bonchev–Trinajstić information content (AvgIpc) is 3.33. The van der Waals surface area contributed by atoms with Gasteiger partial charge in [0.1, 0.15) is 5.65 Å². The van der Waals surface area contributed by atoms with Gasteiger partial charge in [-0.15, -0.1) is 0 Å². The molecule has 0 unspecified atom stereocenters. The molecule has 0 aliphatic heterocycles. The fourth-order valence-electron chi connectivity index (χ4n) is 5.04. The van der Waals surface area contributed by atoms with Crippen molar-refractivity contribution in [1.82, 2.24) is 9.38 Å². The highest BCUT2D eigenvalue weighted by atomic mass is 31.1. The molecule has 170 valence electrons. The van der Waals surface area contributed by atoms with Gasteiger partial charge in [0, 0.05) is 11.6 Å². The van der Waals surface area contributed by atoms with Crippen molar-refractivity contribution in [2.24, 2.45) is 0 Å². The Morgan fingerprint density at radius 2 is 1.19 bits per heavy atom. The summed E-state index contributed by atoms with van der Waals surface area (Å²) in [6, 6.07) is 48.0. The second kappa shape index (κ2) is 8.75. The lowest BCUT2D eigenvalue weighted by atomic mass is 10.1. The standard InChI is InChI=1S/C33H23N2P/c1-3-12-27(13-4-1)36(28-14-5-2-6-15-28)29-16-9-11-25(22-29)26-18-19-31-32(23-26)35-21-20-24-10-7-8-17-30(24)33(35)34-31/h1-23H. The number of hydrogen-bond donors (Lipinski definition) is 0. The zero-order valence-corrected chi connectivity index (χ0v) is 20.5.